The number of carbonyl (C=O) groups excluding carboxylic acids is 3. The Morgan fingerprint density at radius 3 is 2.28 bits per heavy atom. The first-order chi connectivity index (χ1) is 14.0. The van der Waals surface area contributed by atoms with Gasteiger partial charge in [-0.3, -0.25) is 14.5 Å². The van der Waals surface area contributed by atoms with Crippen molar-refractivity contribution in [3.63, 3.8) is 0 Å². The third-order valence-electron chi connectivity index (χ3n) is 5.69. The Morgan fingerprint density at radius 1 is 0.966 bits per heavy atom. The average Bonchev–Trinajstić information content (AvgIpc) is 3.34. The zero-order valence-electron chi connectivity index (χ0n) is 16.3. The van der Waals surface area contributed by atoms with Crippen molar-refractivity contribution in [2.24, 2.45) is 0 Å². The van der Waals surface area contributed by atoms with E-state index in [4.69, 9.17) is 4.84 Å². The molecule has 9 heteroatoms. The quantitative estimate of drug-likeness (QED) is 0.712. The lowest BCUT2D eigenvalue weighted by atomic mass is 10.1. The second kappa shape index (κ2) is 8.36. The van der Waals surface area contributed by atoms with E-state index >= 15 is 0 Å². The van der Waals surface area contributed by atoms with Crippen LogP contribution >= 0.6 is 0 Å². The van der Waals surface area contributed by atoms with Gasteiger partial charge in [0.15, 0.2) is 0 Å². The molecule has 3 aliphatic heterocycles. The van der Waals surface area contributed by atoms with Crippen molar-refractivity contribution < 1.29 is 23.6 Å². The summed E-state index contributed by atoms with van der Waals surface area (Å²) in [5.41, 5.74) is 1.65. The highest BCUT2D eigenvalue weighted by molar-refractivity contribution is 6.01. The molecular formula is C20H25FN4O4. The summed E-state index contributed by atoms with van der Waals surface area (Å²) < 4.78 is 14.5. The van der Waals surface area contributed by atoms with Crippen LogP contribution in [0.5, 0.6) is 0 Å². The molecule has 3 fully saturated rings. The predicted octanol–water partition coefficient (Wildman–Crippen LogP) is 1.74. The monoisotopic (exact) mass is 404 g/mol. The van der Waals surface area contributed by atoms with Crippen molar-refractivity contribution >= 4 is 23.6 Å². The summed E-state index contributed by atoms with van der Waals surface area (Å²) in [5.74, 6) is -1.16. The van der Waals surface area contributed by atoms with Crippen LogP contribution in [-0.2, 0) is 21.0 Å². The fourth-order valence-electron chi connectivity index (χ4n) is 4.11. The summed E-state index contributed by atoms with van der Waals surface area (Å²) in [6.07, 6.45) is 1.63. The van der Waals surface area contributed by atoms with Gasteiger partial charge in [0.2, 0.25) is 0 Å². The maximum Gasteiger partial charge on any atom is 0.434 e. The van der Waals surface area contributed by atoms with Gasteiger partial charge in [-0.15, -0.1) is 5.06 Å². The molecule has 0 aromatic heterocycles. The molecule has 3 amide bonds. The lowest BCUT2D eigenvalue weighted by molar-refractivity contribution is -0.174. The molecule has 29 heavy (non-hydrogen) atoms. The van der Waals surface area contributed by atoms with Gasteiger partial charge >= 0.3 is 6.09 Å². The molecule has 3 aliphatic rings. The topological polar surface area (TPSA) is 73.4 Å². The van der Waals surface area contributed by atoms with Crippen LogP contribution in [-0.4, -0.2) is 72.0 Å². The fourth-order valence-corrected chi connectivity index (χ4v) is 4.11. The highest BCUT2D eigenvalue weighted by Gasteiger charge is 2.35. The Balaban J connectivity index is 1.34. The Morgan fingerprint density at radius 2 is 1.62 bits per heavy atom. The molecule has 0 unspecified atom stereocenters. The predicted molar refractivity (Wildman–Crippen MR) is 102 cm³/mol. The Labute approximate surface area is 168 Å². The van der Waals surface area contributed by atoms with Gasteiger partial charge in [0.1, 0.15) is 5.82 Å². The number of halogens is 1. The van der Waals surface area contributed by atoms with Crippen LogP contribution in [0, 0.1) is 5.82 Å². The normalized spacial score (nSPS) is 20.7. The molecule has 0 saturated carbocycles. The summed E-state index contributed by atoms with van der Waals surface area (Å²) in [6.45, 7) is 4.41. The van der Waals surface area contributed by atoms with E-state index in [9.17, 15) is 18.8 Å². The molecule has 0 N–H and O–H groups in total. The van der Waals surface area contributed by atoms with Crippen molar-refractivity contribution in [1.82, 2.24) is 14.9 Å². The van der Waals surface area contributed by atoms with Gasteiger partial charge in [0, 0.05) is 58.7 Å². The summed E-state index contributed by atoms with van der Waals surface area (Å²) in [4.78, 5) is 46.2. The van der Waals surface area contributed by atoms with Gasteiger partial charge in [-0.2, -0.15) is 0 Å². The molecule has 1 aromatic rings. The number of imide groups is 1. The number of hydroxylamine groups is 2. The zero-order valence-corrected chi connectivity index (χ0v) is 16.3. The van der Waals surface area contributed by atoms with Gasteiger partial charge in [-0.25, -0.2) is 9.18 Å². The van der Waals surface area contributed by atoms with E-state index in [1.54, 1.807) is 6.07 Å². The van der Waals surface area contributed by atoms with Crippen LogP contribution in [0.2, 0.25) is 0 Å². The minimum atomic E-state index is -0.684. The van der Waals surface area contributed by atoms with Gasteiger partial charge in [0.05, 0.1) is 5.69 Å². The van der Waals surface area contributed by atoms with Crippen LogP contribution < -0.4 is 4.90 Å². The Bertz CT molecular complexity index is 788. The minimum Gasteiger partial charge on any atom is -0.369 e. The van der Waals surface area contributed by atoms with E-state index in [2.05, 4.69) is 9.80 Å². The molecule has 0 radical (unpaired) electrons. The number of hydrogen-bond acceptors (Lipinski definition) is 6. The molecule has 3 saturated heterocycles. The zero-order chi connectivity index (χ0) is 20.4. The first-order valence-corrected chi connectivity index (χ1v) is 10.1. The lowest BCUT2D eigenvalue weighted by Gasteiger charge is -2.35. The number of benzene rings is 1. The number of rotatable bonds is 4. The number of piperazine rings is 1. The number of anilines is 1. The van der Waals surface area contributed by atoms with Crippen LogP contribution in [0.1, 0.15) is 31.2 Å². The first-order valence-electron chi connectivity index (χ1n) is 10.1. The van der Waals surface area contributed by atoms with Crippen LogP contribution in [0.4, 0.5) is 14.9 Å². The summed E-state index contributed by atoms with van der Waals surface area (Å²) >= 11 is 0. The van der Waals surface area contributed by atoms with Crippen LogP contribution in [0.15, 0.2) is 18.2 Å². The van der Waals surface area contributed by atoms with Crippen molar-refractivity contribution in [2.75, 3.05) is 44.2 Å². The van der Waals surface area contributed by atoms with Gasteiger partial charge in [0.25, 0.3) is 11.8 Å². The minimum absolute atomic E-state index is 0.0763. The molecule has 0 aliphatic carbocycles. The van der Waals surface area contributed by atoms with Crippen LogP contribution in [0.25, 0.3) is 0 Å². The highest BCUT2D eigenvalue weighted by atomic mass is 19.1. The number of hydrogen-bond donors (Lipinski definition) is 0. The summed E-state index contributed by atoms with van der Waals surface area (Å²) in [6, 6.07) is 5.20. The molecule has 156 valence electrons. The van der Waals surface area contributed by atoms with Crippen LogP contribution in [0.3, 0.4) is 0 Å². The van der Waals surface area contributed by atoms with Gasteiger partial charge in [-0.1, -0.05) is 12.1 Å². The van der Waals surface area contributed by atoms with E-state index in [0.717, 1.165) is 31.5 Å². The molecule has 1 aromatic carbocycles. The number of nitrogens with zero attached hydrogens (tertiary/aromatic N) is 4. The van der Waals surface area contributed by atoms with Crippen molar-refractivity contribution in [2.45, 2.75) is 32.2 Å². The maximum atomic E-state index is 14.5. The first kappa shape index (κ1) is 19.6. The van der Waals surface area contributed by atoms with Crippen molar-refractivity contribution in [3.05, 3.63) is 29.6 Å². The Hall–Kier alpha value is -2.68. The van der Waals surface area contributed by atoms with E-state index in [1.165, 1.54) is 11.0 Å². The third-order valence-corrected chi connectivity index (χ3v) is 5.69. The lowest BCUT2D eigenvalue weighted by Crippen LogP contribution is -2.50. The maximum absolute atomic E-state index is 14.5. The van der Waals surface area contributed by atoms with E-state index in [0.29, 0.717) is 43.5 Å². The molecule has 3 heterocycles. The molecular weight excluding hydrogens is 379 g/mol. The smallest absolute Gasteiger partial charge is 0.369 e. The third kappa shape index (κ3) is 4.19. The summed E-state index contributed by atoms with van der Waals surface area (Å²) in [7, 11) is 0. The second-order valence-corrected chi connectivity index (χ2v) is 7.64. The number of amides is 3. The molecule has 0 atom stereocenters. The SMILES string of the molecule is O=C(ON1C(=O)CCC1=O)N1CCN(Cc2cccc(F)c2N2CCCC2)CC1. The van der Waals surface area contributed by atoms with E-state index in [1.807, 2.05) is 6.07 Å². The van der Waals surface area contributed by atoms with Crippen molar-refractivity contribution in [3.8, 4) is 0 Å². The standard InChI is InChI=1S/C20H25FN4O4/c21-16-5-3-4-15(19(16)23-8-1-2-9-23)14-22-10-12-24(13-11-22)20(28)29-25-17(26)6-7-18(25)27/h3-5H,1-2,6-14H2. The fraction of sp³-hybridized carbons (Fsp3) is 0.550. The highest BCUT2D eigenvalue weighted by Crippen LogP contribution is 2.29. The number of para-hydroxylation sites is 1. The second-order valence-electron chi connectivity index (χ2n) is 7.64. The van der Waals surface area contributed by atoms with Gasteiger partial charge < -0.3 is 14.6 Å². The number of carbonyl (C=O) groups is 3. The van der Waals surface area contributed by atoms with E-state index in [-0.39, 0.29) is 18.7 Å². The molecule has 4 rings (SSSR count). The van der Waals surface area contributed by atoms with Gasteiger partial charge in [-0.05, 0) is 24.5 Å². The largest absolute Gasteiger partial charge is 0.434 e. The average molecular weight is 404 g/mol. The molecule has 0 spiro atoms. The van der Waals surface area contributed by atoms with Crippen molar-refractivity contribution in [1.29, 1.82) is 0 Å². The Kier molecular flexibility index (Phi) is 5.66. The summed E-state index contributed by atoms with van der Waals surface area (Å²) in [5, 5.41) is 0.573. The molecule has 8 nitrogen and oxygen atoms in total. The molecule has 0 bridgehead atoms. The van der Waals surface area contributed by atoms with E-state index < -0.39 is 17.9 Å².